The van der Waals surface area contributed by atoms with Crippen molar-refractivity contribution in [2.75, 3.05) is 19.6 Å². The second-order valence-electron chi connectivity index (χ2n) is 3.81. The van der Waals surface area contributed by atoms with Gasteiger partial charge in [0.15, 0.2) is 0 Å². The molecule has 1 aromatic rings. The summed E-state index contributed by atoms with van der Waals surface area (Å²) in [6.45, 7) is 3.75. The molecule has 4 heteroatoms. The third-order valence-corrected chi connectivity index (χ3v) is 2.93. The number of likely N-dealkylation sites (N-methyl/N-ethyl adjacent to an activating group) is 1. The molecule has 0 aliphatic heterocycles. The molecule has 0 saturated heterocycles. The Balaban J connectivity index is 2.59. The maximum Gasteiger partial charge on any atom is 0.236 e. The van der Waals surface area contributed by atoms with Gasteiger partial charge in [-0.05, 0) is 18.6 Å². The standard InChI is InChI=1S/C14H17ClN2O/c1-3-9-16-10-14(18)17(4-2)11-12-7-5-6-8-13(12)15/h1,5-8,16H,4,9-11H2,2H3. The molecule has 0 saturated carbocycles. The van der Waals surface area contributed by atoms with Crippen molar-refractivity contribution in [2.45, 2.75) is 13.5 Å². The van der Waals surface area contributed by atoms with Crippen molar-refractivity contribution in [2.24, 2.45) is 0 Å². The lowest BCUT2D eigenvalue weighted by atomic mass is 10.2. The van der Waals surface area contributed by atoms with Gasteiger partial charge in [-0.3, -0.25) is 10.1 Å². The molecule has 1 amide bonds. The van der Waals surface area contributed by atoms with Crippen LogP contribution in [0.25, 0.3) is 0 Å². The normalized spacial score (nSPS) is 9.83. The molecule has 3 nitrogen and oxygen atoms in total. The number of carbonyl (C=O) groups is 1. The van der Waals surface area contributed by atoms with Gasteiger partial charge < -0.3 is 4.90 Å². The Morgan fingerprint density at radius 1 is 1.50 bits per heavy atom. The van der Waals surface area contributed by atoms with Crippen LogP contribution in [0.3, 0.4) is 0 Å². The molecule has 96 valence electrons. The van der Waals surface area contributed by atoms with E-state index in [2.05, 4.69) is 11.2 Å². The Hall–Kier alpha value is -1.50. The smallest absolute Gasteiger partial charge is 0.236 e. The van der Waals surface area contributed by atoms with E-state index < -0.39 is 0 Å². The number of carbonyl (C=O) groups excluding carboxylic acids is 1. The first-order valence-electron chi connectivity index (χ1n) is 5.84. The molecule has 1 N–H and O–H groups in total. The summed E-state index contributed by atoms with van der Waals surface area (Å²) < 4.78 is 0. The van der Waals surface area contributed by atoms with Gasteiger partial charge in [0.05, 0.1) is 13.1 Å². The quantitative estimate of drug-likeness (QED) is 0.629. The Morgan fingerprint density at radius 3 is 2.83 bits per heavy atom. The summed E-state index contributed by atoms with van der Waals surface area (Å²) in [5, 5.41) is 3.57. The minimum Gasteiger partial charge on any atom is -0.337 e. The number of amides is 1. The number of rotatable bonds is 6. The third-order valence-electron chi connectivity index (χ3n) is 2.56. The number of halogens is 1. The first kappa shape index (κ1) is 14.6. The van der Waals surface area contributed by atoms with E-state index >= 15 is 0 Å². The first-order chi connectivity index (χ1) is 8.69. The molecule has 18 heavy (non-hydrogen) atoms. The van der Waals surface area contributed by atoms with Crippen LogP contribution in [-0.4, -0.2) is 30.4 Å². The van der Waals surface area contributed by atoms with Gasteiger partial charge in [0.1, 0.15) is 0 Å². The van der Waals surface area contributed by atoms with Gasteiger partial charge >= 0.3 is 0 Å². The number of hydrogen-bond donors (Lipinski definition) is 1. The zero-order chi connectivity index (χ0) is 13.4. The van der Waals surface area contributed by atoms with Crippen molar-refractivity contribution in [3.05, 3.63) is 34.9 Å². The number of terminal acetylenes is 1. The lowest BCUT2D eigenvalue weighted by Gasteiger charge is -2.21. The van der Waals surface area contributed by atoms with Crippen LogP contribution in [0, 0.1) is 12.3 Å². The summed E-state index contributed by atoms with van der Waals surface area (Å²) in [6, 6.07) is 7.54. The van der Waals surface area contributed by atoms with E-state index in [1.54, 1.807) is 4.90 Å². The van der Waals surface area contributed by atoms with Crippen molar-refractivity contribution >= 4 is 17.5 Å². The van der Waals surface area contributed by atoms with Gasteiger partial charge in [0, 0.05) is 18.1 Å². The highest BCUT2D eigenvalue weighted by molar-refractivity contribution is 6.31. The van der Waals surface area contributed by atoms with Gasteiger partial charge in [-0.2, -0.15) is 0 Å². The van der Waals surface area contributed by atoms with E-state index in [4.69, 9.17) is 18.0 Å². The zero-order valence-electron chi connectivity index (χ0n) is 10.4. The predicted molar refractivity (Wildman–Crippen MR) is 74.2 cm³/mol. The van der Waals surface area contributed by atoms with Crippen LogP contribution in [0.2, 0.25) is 5.02 Å². The lowest BCUT2D eigenvalue weighted by Crippen LogP contribution is -2.37. The predicted octanol–water partition coefficient (Wildman–Crippen LogP) is 1.91. The van der Waals surface area contributed by atoms with Crippen LogP contribution in [0.4, 0.5) is 0 Å². The molecule has 0 aliphatic rings. The van der Waals surface area contributed by atoms with Crippen molar-refractivity contribution in [3.63, 3.8) is 0 Å². The molecule has 0 bridgehead atoms. The van der Waals surface area contributed by atoms with E-state index in [0.717, 1.165) is 5.56 Å². The number of benzene rings is 1. The molecular weight excluding hydrogens is 248 g/mol. The average molecular weight is 265 g/mol. The molecule has 0 radical (unpaired) electrons. The Labute approximate surface area is 113 Å². The van der Waals surface area contributed by atoms with E-state index in [-0.39, 0.29) is 12.5 Å². The SMILES string of the molecule is C#CCNCC(=O)N(CC)Cc1ccccc1Cl. The van der Waals surface area contributed by atoms with E-state index in [9.17, 15) is 4.79 Å². The molecule has 0 aliphatic carbocycles. The summed E-state index contributed by atoms with van der Waals surface area (Å²) in [5.41, 5.74) is 0.950. The summed E-state index contributed by atoms with van der Waals surface area (Å²) in [7, 11) is 0. The van der Waals surface area contributed by atoms with Crippen molar-refractivity contribution in [3.8, 4) is 12.3 Å². The number of nitrogens with zero attached hydrogens (tertiary/aromatic N) is 1. The highest BCUT2D eigenvalue weighted by atomic mass is 35.5. The summed E-state index contributed by atoms with van der Waals surface area (Å²) in [6.07, 6.45) is 5.11. The van der Waals surface area contributed by atoms with E-state index in [0.29, 0.717) is 24.7 Å². The van der Waals surface area contributed by atoms with Crippen LogP contribution < -0.4 is 5.32 Å². The van der Waals surface area contributed by atoms with Crippen molar-refractivity contribution < 1.29 is 4.79 Å². The second kappa shape index (κ2) is 7.75. The average Bonchev–Trinajstić information content (AvgIpc) is 2.38. The molecule has 0 spiro atoms. The Bertz CT molecular complexity index is 440. The highest BCUT2D eigenvalue weighted by Crippen LogP contribution is 2.16. The summed E-state index contributed by atoms with van der Waals surface area (Å²) >= 11 is 6.08. The monoisotopic (exact) mass is 264 g/mol. The number of hydrogen-bond acceptors (Lipinski definition) is 2. The topological polar surface area (TPSA) is 32.3 Å². The number of nitrogens with one attached hydrogen (secondary N) is 1. The minimum atomic E-state index is 0.0210. The minimum absolute atomic E-state index is 0.0210. The van der Waals surface area contributed by atoms with Gasteiger partial charge in [-0.15, -0.1) is 6.42 Å². The molecule has 0 aromatic heterocycles. The van der Waals surface area contributed by atoms with Gasteiger partial charge in [-0.1, -0.05) is 35.7 Å². The molecular formula is C14H17ClN2O. The largest absolute Gasteiger partial charge is 0.337 e. The Morgan fingerprint density at radius 2 is 2.22 bits per heavy atom. The second-order valence-corrected chi connectivity index (χ2v) is 4.21. The van der Waals surface area contributed by atoms with Crippen LogP contribution in [-0.2, 0) is 11.3 Å². The Kier molecular flexibility index (Phi) is 6.27. The fraction of sp³-hybridized carbons (Fsp3) is 0.357. The zero-order valence-corrected chi connectivity index (χ0v) is 11.2. The van der Waals surface area contributed by atoms with Crippen molar-refractivity contribution in [1.29, 1.82) is 0 Å². The van der Waals surface area contributed by atoms with Crippen LogP contribution in [0.1, 0.15) is 12.5 Å². The third kappa shape index (κ3) is 4.40. The van der Waals surface area contributed by atoms with E-state index in [1.807, 2.05) is 31.2 Å². The first-order valence-corrected chi connectivity index (χ1v) is 6.22. The molecule has 0 fully saturated rings. The molecule has 1 rings (SSSR count). The van der Waals surface area contributed by atoms with Crippen LogP contribution in [0.5, 0.6) is 0 Å². The lowest BCUT2D eigenvalue weighted by molar-refractivity contribution is -0.130. The fourth-order valence-corrected chi connectivity index (χ4v) is 1.76. The maximum atomic E-state index is 11.9. The highest BCUT2D eigenvalue weighted by Gasteiger charge is 2.12. The molecule has 1 aromatic carbocycles. The van der Waals surface area contributed by atoms with Crippen LogP contribution >= 0.6 is 11.6 Å². The summed E-state index contributed by atoms with van der Waals surface area (Å²) in [4.78, 5) is 13.7. The van der Waals surface area contributed by atoms with Crippen molar-refractivity contribution in [1.82, 2.24) is 10.2 Å². The van der Waals surface area contributed by atoms with Gasteiger partial charge in [0.25, 0.3) is 0 Å². The molecule has 0 heterocycles. The van der Waals surface area contributed by atoms with Gasteiger partial charge in [-0.25, -0.2) is 0 Å². The fourth-order valence-electron chi connectivity index (χ4n) is 1.56. The summed E-state index contributed by atoms with van der Waals surface area (Å²) in [5.74, 6) is 2.46. The van der Waals surface area contributed by atoms with E-state index in [1.165, 1.54) is 0 Å². The molecule has 0 unspecified atom stereocenters. The van der Waals surface area contributed by atoms with Crippen LogP contribution in [0.15, 0.2) is 24.3 Å². The van der Waals surface area contributed by atoms with Gasteiger partial charge in [0.2, 0.25) is 5.91 Å². The molecule has 0 atom stereocenters. The maximum absolute atomic E-state index is 11.9.